The van der Waals surface area contributed by atoms with Crippen LogP contribution < -0.4 is 4.80 Å². The second-order valence-corrected chi connectivity index (χ2v) is 6.68. The van der Waals surface area contributed by atoms with Crippen molar-refractivity contribution in [1.29, 1.82) is 0 Å². The summed E-state index contributed by atoms with van der Waals surface area (Å²) < 4.78 is 4.30. The minimum absolute atomic E-state index is 0.154. The highest BCUT2D eigenvalue weighted by atomic mass is 79.9. The van der Waals surface area contributed by atoms with Crippen LogP contribution in [0.1, 0.15) is 6.92 Å². The number of halogens is 1. The number of carbonyl (C=O) groups is 1. The maximum atomic E-state index is 11.2. The quantitative estimate of drug-likeness (QED) is 0.856. The van der Waals surface area contributed by atoms with Gasteiger partial charge in [0.25, 0.3) is 0 Å². The predicted molar refractivity (Wildman–Crippen MR) is 82.1 cm³/mol. The number of rotatable bonds is 3. The van der Waals surface area contributed by atoms with Crippen LogP contribution in [-0.4, -0.2) is 22.5 Å². The minimum atomic E-state index is -0.154. The third-order valence-electron chi connectivity index (χ3n) is 2.42. The highest BCUT2D eigenvalue weighted by molar-refractivity contribution is 9.10. The third-order valence-corrected chi connectivity index (χ3v) is 4.54. The first kappa shape index (κ1) is 13.8. The molecule has 0 N–H and O–H groups in total. The zero-order valence-electron chi connectivity index (χ0n) is 10.1. The summed E-state index contributed by atoms with van der Waals surface area (Å²) in [6.07, 6.45) is 2.08. The van der Waals surface area contributed by atoms with Gasteiger partial charge in [-0.15, -0.1) is 0 Å². The van der Waals surface area contributed by atoms with Gasteiger partial charge in [0, 0.05) is 23.7 Å². The first-order valence-corrected chi connectivity index (χ1v) is 8.45. The van der Waals surface area contributed by atoms with E-state index < -0.39 is 0 Å². The van der Waals surface area contributed by atoms with Crippen LogP contribution in [0.2, 0.25) is 0 Å². The lowest BCUT2D eigenvalue weighted by atomic mass is 10.3. The Kier molecular flexibility index (Phi) is 4.64. The van der Waals surface area contributed by atoms with Gasteiger partial charge in [0.2, 0.25) is 5.91 Å². The molecule has 0 aliphatic rings. The van der Waals surface area contributed by atoms with Crippen molar-refractivity contribution in [2.75, 3.05) is 12.0 Å². The van der Waals surface area contributed by atoms with Crippen LogP contribution in [0.15, 0.2) is 27.7 Å². The molecule has 0 radical (unpaired) electrons. The molecule has 0 atom stereocenters. The highest BCUT2D eigenvalue weighted by Gasteiger charge is 2.06. The molecule has 1 aromatic heterocycles. The number of aromatic nitrogens is 1. The molecule has 1 amide bonds. The van der Waals surface area contributed by atoms with Gasteiger partial charge in [0.15, 0.2) is 4.80 Å². The Morgan fingerprint density at radius 3 is 3.00 bits per heavy atom. The van der Waals surface area contributed by atoms with Gasteiger partial charge < -0.3 is 4.57 Å². The normalized spacial score (nSPS) is 12.3. The van der Waals surface area contributed by atoms with Crippen molar-refractivity contribution < 1.29 is 4.79 Å². The molecular formula is C12H13BrN2OS2. The van der Waals surface area contributed by atoms with E-state index in [9.17, 15) is 4.79 Å². The molecule has 18 heavy (non-hydrogen) atoms. The summed E-state index contributed by atoms with van der Waals surface area (Å²) in [5.41, 5.74) is 1.14. The van der Waals surface area contributed by atoms with Gasteiger partial charge in [0.05, 0.1) is 10.2 Å². The van der Waals surface area contributed by atoms with Crippen molar-refractivity contribution in [1.82, 2.24) is 4.57 Å². The largest absolute Gasteiger partial charge is 0.316 e. The summed E-state index contributed by atoms with van der Waals surface area (Å²) in [5.74, 6) is 0.853. The Bertz CT molecular complexity index is 645. The van der Waals surface area contributed by atoms with E-state index in [1.807, 2.05) is 6.07 Å². The average molecular weight is 345 g/mol. The van der Waals surface area contributed by atoms with Crippen LogP contribution in [0.4, 0.5) is 0 Å². The second kappa shape index (κ2) is 6.04. The van der Waals surface area contributed by atoms with Crippen LogP contribution in [0, 0.1) is 0 Å². The monoisotopic (exact) mass is 344 g/mol. The van der Waals surface area contributed by atoms with Gasteiger partial charge >= 0.3 is 0 Å². The molecule has 0 aliphatic heterocycles. The predicted octanol–water partition coefficient (Wildman–Crippen LogP) is 3.28. The van der Waals surface area contributed by atoms with Crippen LogP contribution in [-0.2, 0) is 11.3 Å². The summed E-state index contributed by atoms with van der Waals surface area (Å²) in [6, 6.07) is 6.15. The van der Waals surface area contributed by atoms with Crippen molar-refractivity contribution in [3.63, 3.8) is 0 Å². The standard InChI is InChI=1S/C12H13BrN2OS2/c1-8(16)14-12-15(5-6-17-2)10-4-3-9(13)7-11(10)18-12/h3-4,7H,5-6H2,1-2H3. The van der Waals surface area contributed by atoms with Gasteiger partial charge in [-0.05, 0) is 24.5 Å². The van der Waals surface area contributed by atoms with Gasteiger partial charge in [-0.2, -0.15) is 16.8 Å². The van der Waals surface area contributed by atoms with Gasteiger partial charge in [-0.25, -0.2) is 0 Å². The number of carbonyl (C=O) groups excluding carboxylic acids is 1. The maximum Gasteiger partial charge on any atom is 0.245 e. The van der Waals surface area contributed by atoms with E-state index in [1.165, 1.54) is 6.92 Å². The lowest BCUT2D eigenvalue weighted by Gasteiger charge is -2.03. The third kappa shape index (κ3) is 3.05. The van der Waals surface area contributed by atoms with E-state index >= 15 is 0 Å². The van der Waals surface area contributed by atoms with Gasteiger partial charge in [0.1, 0.15) is 0 Å². The Morgan fingerprint density at radius 2 is 2.33 bits per heavy atom. The second-order valence-electron chi connectivity index (χ2n) is 3.77. The van der Waals surface area contributed by atoms with E-state index in [0.717, 1.165) is 31.8 Å². The van der Waals surface area contributed by atoms with E-state index in [1.54, 1.807) is 23.1 Å². The number of amides is 1. The van der Waals surface area contributed by atoms with Crippen molar-refractivity contribution in [3.8, 4) is 0 Å². The Balaban J connectivity index is 2.64. The zero-order valence-corrected chi connectivity index (χ0v) is 13.4. The molecule has 0 spiro atoms. The number of thioether (sulfide) groups is 1. The van der Waals surface area contributed by atoms with Crippen molar-refractivity contribution >= 4 is 55.2 Å². The molecule has 1 aromatic carbocycles. The molecule has 0 unspecified atom stereocenters. The van der Waals surface area contributed by atoms with Gasteiger partial charge in [-0.1, -0.05) is 27.3 Å². The molecule has 1 heterocycles. The van der Waals surface area contributed by atoms with Crippen LogP contribution in [0.25, 0.3) is 10.2 Å². The molecule has 2 rings (SSSR count). The lowest BCUT2D eigenvalue weighted by molar-refractivity contribution is -0.116. The summed E-state index contributed by atoms with van der Waals surface area (Å²) in [6.45, 7) is 2.36. The zero-order chi connectivity index (χ0) is 13.1. The maximum absolute atomic E-state index is 11.2. The fraction of sp³-hybridized carbons (Fsp3) is 0.333. The smallest absolute Gasteiger partial charge is 0.245 e. The van der Waals surface area contributed by atoms with E-state index in [0.29, 0.717) is 0 Å². The highest BCUT2D eigenvalue weighted by Crippen LogP contribution is 2.22. The first-order chi connectivity index (χ1) is 8.61. The summed E-state index contributed by atoms with van der Waals surface area (Å²) in [4.78, 5) is 16.1. The number of hydrogen-bond acceptors (Lipinski definition) is 3. The van der Waals surface area contributed by atoms with E-state index in [4.69, 9.17) is 0 Å². The summed E-state index contributed by atoms with van der Waals surface area (Å²) in [5, 5.41) is 0. The van der Waals surface area contributed by atoms with Crippen LogP contribution >= 0.6 is 39.0 Å². The number of thiazole rings is 1. The molecule has 2 aromatic rings. The fourth-order valence-electron chi connectivity index (χ4n) is 1.67. The van der Waals surface area contributed by atoms with Crippen molar-refractivity contribution in [3.05, 3.63) is 27.5 Å². The molecule has 3 nitrogen and oxygen atoms in total. The molecule has 0 saturated heterocycles. The molecule has 96 valence electrons. The SMILES string of the molecule is CSCCn1c(=NC(C)=O)sc2cc(Br)ccc21. The molecule has 0 aliphatic carbocycles. The molecular weight excluding hydrogens is 332 g/mol. The number of fused-ring (bicyclic) bond motifs is 1. The van der Waals surface area contributed by atoms with Crippen molar-refractivity contribution in [2.45, 2.75) is 13.5 Å². The number of aryl methyl sites for hydroxylation is 1. The van der Waals surface area contributed by atoms with Gasteiger partial charge in [-0.3, -0.25) is 4.79 Å². The fourth-order valence-corrected chi connectivity index (χ4v) is 3.68. The molecule has 6 heteroatoms. The number of hydrogen-bond donors (Lipinski definition) is 0. The Labute approximate surface area is 122 Å². The van der Waals surface area contributed by atoms with E-state index in [2.05, 4.69) is 43.9 Å². The van der Waals surface area contributed by atoms with Crippen LogP contribution in [0.5, 0.6) is 0 Å². The number of nitrogens with zero attached hydrogens (tertiary/aromatic N) is 2. The Morgan fingerprint density at radius 1 is 1.56 bits per heavy atom. The summed E-state index contributed by atoms with van der Waals surface area (Å²) >= 11 is 6.81. The summed E-state index contributed by atoms with van der Waals surface area (Å²) in [7, 11) is 0. The number of benzene rings is 1. The molecule has 0 bridgehead atoms. The first-order valence-electron chi connectivity index (χ1n) is 5.45. The minimum Gasteiger partial charge on any atom is -0.316 e. The molecule has 0 saturated carbocycles. The Hall–Kier alpha value is -0.590. The van der Waals surface area contributed by atoms with Crippen LogP contribution in [0.3, 0.4) is 0 Å². The van der Waals surface area contributed by atoms with Crippen molar-refractivity contribution in [2.24, 2.45) is 4.99 Å². The molecule has 0 fully saturated rings. The van der Waals surface area contributed by atoms with E-state index in [-0.39, 0.29) is 5.91 Å². The topological polar surface area (TPSA) is 34.4 Å². The average Bonchev–Trinajstić information content (AvgIpc) is 2.62. The lowest BCUT2D eigenvalue weighted by Crippen LogP contribution is -2.17.